The summed E-state index contributed by atoms with van der Waals surface area (Å²) in [7, 11) is -3.64. The number of amides is 2. The van der Waals surface area contributed by atoms with Crippen LogP contribution in [0.2, 0.25) is 0 Å². The Morgan fingerprint density at radius 3 is 2.48 bits per heavy atom. The van der Waals surface area contributed by atoms with E-state index in [2.05, 4.69) is 25.2 Å². The van der Waals surface area contributed by atoms with Crippen molar-refractivity contribution in [1.29, 1.82) is 0 Å². The number of hydrogen-bond donors (Lipinski definition) is 3. The van der Waals surface area contributed by atoms with Crippen molar-refractivity contribution in [2.45, 2.75) is 36.7 Å². The van der Waals surface area contributed by atoms with Gasteiger partial charge in [-0.25, -0.2) is 8.42 Å². The number of nitrogens with zero attached hydrogens (tertiary/aromatic N) is 2. The number of para-hydroxylation sites is 1. The van der Waals surface area contributed by atoms with E-state index in [1.807, 2.05) is 30.3 Å². The molecule has 0 spiro atoms. The Hall–Kier alpha value is -3.24. The zero-order valence-corrected chi connectivity index (χ0v) is 19.1. The van der Waals surface area contributed by atoms with E-state index in [0.29, 0.717) is 25.2 Å². The third-order valence-electron chi connectivity index (χ3n) is 5.72. The standard InChI is InChI=1S/C23H27N5O4S/c1-16(24-22-19-9-5-6-10-20(19)33(31,32)27-22)23(30)26-18-11-13-28(14-12-18)15-21(29)25-17-7-3-2-4-8-17/h2-10,16,18H,11-15H2,1H3,(H,24,27)(H,25,29)(H,26,30)/t16-/m0/s1. The van der Waals surface area contributed by atoms with E-state index in [-0.39, 0.29) is 28.6 Å². The Bertz CT molecular complexity index is 1160. The molecule has 0 unspecified atom stereocenters. The molecular formula is C23H27N5O4S. The molecule has 1 fully saturated rings. The number of hydrogen-bond acceptors (Lipinski definition) is 6. The number of piperidine rings is 1. The molecule has 1 atom stereocenters. The van der Waals surface area contributed by atoms with Crippen molar-refractivity contribution in [1.82, 2.24) is 14.9 Å². The molecule has 2 aliphatic rings. The normalized spacial score (nSPS) is 20.0. The highest BCUT2D eigenvalue weighted by molar-refractivity contribution is 7.90. The van der Waals surface area contributed by atoms with E-state index in [1.165, 1.54) is 6.07 Å². The van der Waals surface area contributed by atoms with Crippen LogP contribution in [-0.2, 0) is 19.6 Å². The molecule has 3 N–H and O–H groups in total. The fourth-order valence-corrected chi connectivity index (χ4v) is 5.20. The van der Waals surface area contributed by atoms with E-state index in [9.17, 15) is 18.0 Å². The van der Waals surface area contributed by atoms with Crippen molar-refractivity contribution >= 4 is 33.4 Å². The molecule has 0 radical (unpaired) electrons. The SMILES string of the molecule is C[C@H](N=C1NS(=O)(=O)c2ccccc21)C(=O)NC1CCN(CC(=O)Nc2ccccc2)CC1. The highest BCUT2D eigenvalue weighted by atomic mass is 32.2. The van der Waals surface area contributed by atoms with Crippen LogP contribution >= 0.6 is 0 Å². The third-order valence-corrected chi connectivity index (χ3v) is 7.12. The van der Waals surface area contributed by atoms with Crippen molar-refractivity contribution in [3.63, 3.8) is 0 Å². The lowest BCUT2D eigenvalue weighted by atomic mass is 10.0. The van der Waals surface area contributed by atoms with Crippen LogP contribution in [0.25, 0.3) is 0 Å². The Labute approximate surface area is 193 Å². The molecule has 2 aliphatic heterocycles. The summed E-state index contributed by atoms with van der Waals surface area (Å²) in [5.74, 6) is -0.133. The minimum absolute atomic E-state index is 0.0128. The molecule has 10 heteroatoms. The number of fused-ring (bicyclic) bond motifs is 1. The number of likely N-dealkylation sites (tertiary alicyclic amines) is 1. The second-order valence-electron chi connectivity index (χ2n) is 8.23. The zero-order chi connectivity index (χ0) is 23.4. The van der Waals surface area contributed by atoms with Crippen molar-refractivity contribution in [3.8, 4) is 0 Å². The van der Waals surface area contributed by atoms with Crippen molar-refractivity contribution < 1.29 is 18.0 Å². The fraction of sp³-hybridized carbons (Fsp3) is 0.348. The monoisotopic (exact) mass is 469 g/mol. The van der Waals surface area contributed by atoms with E-state index in [1.54, 1.807) is 25.1 Å². The molecular weight excluding hydrogens is 442 g/mol. The number of rotatable bonds is 6. The molecule has 174 valence electrons. The Kier molecular flexibility index (Phi) is 6.75. The minimum Gasteiger partial charge on any atom is -0.351 e. The van der Waals surface area contributed by atoms with Crippen LogP contribution in [0, 0.1) is 0 Å². The molecule has 0 saturated carbocycles. The highest BCUT2D eigenvalue weighted by Gasteiger charge is 2.31. The van der Waals surface area contributed by atoms with Gasteiger partial charge in [0.2, 0.25) is 11.8 Å². The van der Waals surface area contributed by atoms with Crippen molar-refractivity contribution in [3.05, 3.63) is 60.2 Å². The van der Waals surface area contributed by atoms with Crippen LogP contribution in [0.15, 0.2) is 64.5 Å². The average molecular weight is 470 g/mol. The quantitative estimate of drug-likeness (QED) is 0.590. The van der Waals surface area contributed by atoms with Gasteiger partial charge in [-0.2, -0.15) is 0 Å². The summed E-state index contributed by atoms with van der Waals surface area (Å²) in [4.78, 5) is 31.5. The van der Waals surface area contributed by atoms with Gasteiger partial charge in [0.1, 0.15) is 11.9 Å². The van der Waals surface area contributed by atoms with E-state index in [0.717, 1.165) is 18.5 Å². The first-order chi connectivity index (χ1) is 15.8. The summed E-state index contributed by atoms with van der Waals surface area (Å²) >= 11 is 0. The fourth-order valence-electron chi connectivity index (χ4n) is 3.96. The number of nitrogens with one attached hydrogen (secondary N) is 3. The third kappa shape index (κ3) is 5.58. The first-order valence-electron chi connectivity index (χ1n) is 10.9. The second-order valence-corrected chi connectivity index (χ2v) is 9.88. The van der Waals surface area contributed by atoms with E-state index < -0.39 is 16.1 Å². The number of amidine groups is 1. The molecule has 0 aromatic heterocycles. The van der Waals surface area contributed by atoms with Gasteiger partial charge in [0.05, 0.1) is 11.4 Å². The maximum absolute atomic E-state index is 12.7. The summed E-state index contributed by atoms with van der Waals surface area (Å²) in [5.41, 5.74) is 1.24. The van der Waals surface area contributed by atoms with Crippen molar-refractivity contribution in [2.75, 3.05) is 25.0 Å². The first-order valence-corrected chi connectivity index (χ1v) is 12.4. The first kappa shape index (κ1) is 22.9. The number of benzene rings is 2. The highest BCUT2D eigenvalue weighted by Crippen LogP contribution is 2.22. The molecule has 0 bridgehead atoms. The number of sulfonamides is 1. The summed E-state index contributed by atoms with van der Waals surface area (Å²) < 4.78 is 26.9. The predicted octanol–water partition coefficient (Wildman–Crippen LogP) is 1.33. The lowest BCUT2D eigenvalue weighted by molar-refractivity contribution is -0.123. The van der Waals surface area contributed by atoms with Crippen molar-refractivity contribution in [2.24, 2.45) is 4.99 Å². The zero-order valence-electron chi connectivity index (χ0n) is 18.3. The molecule has 2 amide bonds. The van der Waals surface area contributed by atoms with E-state index in [4.69, 9.17) is 0 Å². The largest absolute Gasteiger partial charge is 0.351 e. The Morgan fingerprint density at radius 1 is 1.09 bits per heavy atom. The lowest BCUT2D eigenvalue weighted by Gasteiger charge is -2.32. The summed E-state index contributed by atoms with van der Waals surface area (Å²) in [6.07, 6.45) is 1.45. The Morgan fingerprint density at radius 2 is 1.76 bits per heavy atom. The van der Waals surface area contributed by atoms with E-state index >= 15 is 0 Å². The molecule has 1 saturated heterocycles. The van der Waals surface area contributed by atoms with Crippen LogP contribution in [0.1, 0.15) is 25.3 Å². The molecule has 2 aromatic carbocycles. The summed E-state index contributed by atoms with van der Waals surface area (Å²) in [5, 5.41) is 5.88. The van der Waals surface area contributed by atoms with Gasteiger partial charge in [-0.05, 0) is 44.0 Å². The maximum atomic E-state index is 12.7. The maximum Gasteiger partial charge on any atom is 0.263 e. The van der Waals surface area contributed by atoms with Gasteiger partial charge < -0.3 is 10.6 Å². The predicted molar refractivity (Wildman–Crippen MR) is 125 cm³/mol. The number of anilines is 1. The van der Waals surface area contributed by atoms with Crippen LogP contribution in [0.3, 0.4) is 0 Å². The topological polar surface area (TPSA) is 120 Å². The smallest absolute Gasteiger partial charge is 0.263 e. The van der Waals surface area contributed by atoms with Gasteiger partial charge in [-0.3, -0.25) is 24.2 Å². The average Bonchev–Trinajstić information content (AvgIpc) is 3.05. The Balaban J connectivity index is 1.26. The number of carbonyl (C=O) groups excluding carboxylic acids is 2. The molecule has 2 heterocycles. The van der Waals surface area contributed by atoms with Crippen LogP contribution in [-0.4, -0.2) is 62.7 Å². The molecule has 0 aliphatic carbocycles. The van der Waals surface area contributed by atoms with Crippen LogP contribution in [0.4, 0.5) is 5.69 Å². The number of aliphatic imine (C=N–C) groups is 1. The van der Waals surface area contributed by atoms with Gasteiger partial charge in [0, 0.05) is 30.4 Å². The lowest BCUT2D eigenvalue weighted by Crippen LogP contribution is -2.48. The minimum atomic E-state index is -3.64. The molecule has 9 nitrogen and oxygen atoms in total. The molecule has 33 heavy (non-hydrogen) atoms. The summed E-state index contributed by atoms with van der Waals surface area (Å²) in [6.45, 7) is 3.34. The van der Waals surface area contributed by atoms with Crippen LogP contribution in [0.5, 0.6) is 0 Å². The van der Waals surface area contributed by atoms with Gasteiger partial charge in [-0.15, -0.1) is 0 Å². The summed E-state index contributed by atoms with van der Waals surface area (Å²) in [6, 6.07) is 15.1. The van der Waals surface area contributed by atoms with Gasteiger partial charge >= 0.3 is 0 Å². The number of carbonyl (C=O) groups is 2. The van der Waals surface area contributed by atoms with Crippen LogP contribution < -0.4 is 15.4 Å². The molecule has 4 rings (SSSR count). The molecule has 2 aromatic rings. The van der Waals surface area contributed by atoms with Gasteiger partial charge in [0.15, 0.2) is 0 Å². The van der Waals surface area contributed by atoms with Gasteiger partial charge in [-0.1, -0.05) is 30.3 Å². The van der Waals surface area contributed by atoms with Gasteiger partial charge in [0.25, 0.3) is 10.0 Å². The second kappa shape index (κ2) is 9.72.